The number of hydrogen-bond donors (Lipinski definition) is 0. The van der Waals surface area contributed by atoms with Gasteiger partial charge in [0.1, 0.15) is 12.3 Å². The van der Waals surface area contributed by atoms with Crippen LogP contribution < -0.4 is 0 Å². The highest BCUT2D eigenvalue weighted by atomic mass is 32.2. The molecule has 0 N–H and O–H groups in total. The van der Waals surface area contributed by atoms with Crippen molar-refractivity contribution in [2.24, 2.45) is 0 Å². The predicted molar refractivity (Wildman–Crippen MR) is 120 cm³/mol. The van der Waals surface area contributed by atoms with Crippen molar-refractivity contribution in [3.05, 3.63) is 113 Å². The Morgan fingerprint density at radius 1 is 0.909 bits per heavy atom. The highest BCUT2D eigenvalue weighted by Crippen LogP contribution is 2.32. The molecular weight excluding hydrogens is 451 g/mol. The van der Waals surface area contributed by atoms with Gasteiger partial charge < -0.3 is 4.74 Å². The molecule has 1 amide bonds. The van der Waals surface area contributed by atoms with Crippen LogP contribution in [0.5, 0.6) is 0 Å². The molecule has 0 saturated heterocycles. The van der Waals surface area contributed by atoms with E-state index < -0.39 is 35.3 Å². The minimum atomic E-state index is -4.94. The van der Waals surface area contributed by atoms with Gasteiger partial charge in [0.2, 0.25) is 0 Å². The molecule has 0 saturated carbocycles. The van der Waals surface area contributed by atoms with Crippen molar-refractivity contribution in [2.45, 2.75) is 31.1 Å². The minimum Gasteiger partial charge on any atom is -0.444 e. The molecule has 4 nitrogen and oxygen atoms in total. The van der Waals surface area contributed by atoms with Crippen molar-refractivity contribution in [2.75, 3.05) is 0 Å². The van der Waals surface area contributed by atoms with Crippen LogP contribution >= 0.6 is 0 Å². The molecule has 0 aromatic heterocycles. The van der Waals surface area contributed by atoms with Crippen LogP contribution in [-0.2, 0) is 28.7 Å². The summed E-state index contributed by atoms with van der Waals surface area (Å²) in [6.45, 7) is 1.22. The van der Waals surface area contributed by atoms with Crippen LogP contribution in [0.1, 0.15) is 16.7 Å². The van der Waals surface area contributed by atoms with E-state index in [2.05, 4.69) is 0 Å². The van der Waals surface area contributed by atoms with Gasteiger partial charge in [0.15, 0.2) is 0 Å². The van der Waals surface area contributed by atoms with Gasteiger partial charge in [-0.05, 0) is 30.2 Å². The van der Waals surface area contributed by atoms with Gasteiger partial charge in [0, 0.05) is 10.3 Å². The normalized spacial score (nSPS) is 12.8. The average molecular weight is 474 g/mol. The number of halogens is 3. The van der Waals surface area contributed by atoms with Gasteiger partial charge in [0.25, 0.3) is 0 Å². The van der Waals surface area contributed by atoms with Crippen LogP contribution in [0, 0.1) is 6.92 Å². The Balaban J connectivity index is 1.95. The fraction of sp³-hybridized carbons (Fsp3) is 0.160. The lowest BCUT2D eigenvalue weighted by molar-refractivity contribution is -0.110. The Morgan fingerprint density at radius 3 is 2.00 bits per heavy atom. The number of ether oxygens (including phenoxy) is 1. The highest BCUT2D eigenvalue weighted by Gasteiger charge is 2.41. The molecule has 0 spiro atoms. The molecule has 3 rings (SSSR count). The maximum atomic E-state index is 14.1. The molecule has 0 aliphatic carbocycles. The van der Waals surface area contributed by atoms with Crippen molar-refractivity contribution in [3.8, 4) is 0 Å². The molecule has 1 atom stereocenters. The molecule has 3 aromatic carbocycles. The number of carbonyl (C=O) groups excluding carboxylic acids is 1. The number of allylic oxidation sites excluding steroid dienone is 1. The highest BCUT2D eigenvalue weighted by molar-refractivity contribution is 7.88. The van der Waals surface area contributed by atoms with E-state index in [0.29, 0.717) is 21.4 Å². The lowest BCUT2D eigenvalue weighted by atomic mass is 10.2. The van der Waals surface area contributed by atoms with Gasteiger partial charge in [-0.15, -0.1) is 0 Å². The number of carbonyl (C=O) groups is 1. The molecule has 0 radical (unpaired) electrons. The van der Waals surface area contributed by atoms with E-state index in [1.165, 1.54) is 12.1 Å². The summed E-state index contributed by atoms with van der Waals surface area (Å²) < 4.78 is 60.2. The first-order valence-electron chi connectivity index (χ1n) is 10.0. The molecule has 3 aromatic rings. The summed E-state index contributed by atoms with van der Waals surface area (Å²) in [5, 5.41) is 0.553. The summed E-state index contributed by atoms with van der Waals surface area (Å²) in [7, 11) is -2.13. The maximum Gasteiger partial charge on any atom is 0.432 e. The second kappa shape index (κ2) is 11.0. The quantitative estimate of drug-likeness (QED) is 0.402. The molecule has 0 heterocycles. The number of benzene rings is 3. The zero-order valence-corrected chi connectivity index (χ0v) is 18.6. The molecule has 8 heteroatoms. The van der Waals surface area contributed by atoms with E-state index in [0.717, 1.165) is 5.56 Å². The summed E-state index contributed by atoms with van der Waals surface area (Å²) in [5.74, 6) is 0. The second-order valence-electron chi connectivity index (χ2n) is 7.22. The third kappa shape index (κ3) is 7.05. The standard InChI is InChI=1S/C25H22F3NO3S/c1-19-12-14-22(15-13-19)33(31)18-23(25(26,27)28)29(16-20-8-4-2-5-9-20)24(30)32-17-21-10-6-3-7-11-21/h2-15,18H,16-17H2,1H3/b23-18-/t33-/m1/s1. The van der Waals surface area contributed by atoms with Gasteiger partial charge in [-0.2, -0.15) is 13.2 Å². The Kier molecular flexibility index (Phi) is 8.06. The fourth-order valence-corrected chi connectivity index (χ4v) is 3.94. The molecule has 33 heavy (non-hydrogen) atoms. The predicted octanol–water partition coefficient (Wildman–Crippen LogP) is 6.35. The first kappa shape index (κ1) is 24.3. The molecule has 0 fully saturated rings. The number of rotatable bonds is 7. The summed E-state index contributed by atoms with van der Waals surface area (Å²) in [4.78, 5) is 13.5. The van der Waals surface area contributed by atoms with E-state index in [4.69, 9.17) is 4.74 Å². The lowest BCUT2D eigenvalue weighted by Crippen LogP contribution is -2.37. The third-order valence-electron chi connectivity index (χ3n) is 4.66. The molecule has 172 valence electrons. The van der Waals surface area contributed by atoms with E-state index in [1.807, 2.05) is 6.92 Å². The number of amides is 1. The summed E-state index contributed by atoms with van der Waals surface area (Å²) in [6.07, 6.45) is -6.13. The molecule has 0 bridgehead atoms. The van der Waals surface area contributed by atoms with Crippen LogP contribution in [0.3, 0.4) is 0 Å². The number of nitrogens with zero attached hydrogens (tertiary/aromatic N) is 1. The molecule has 0 aliphatic rings. The largest absolute Gasteiger partial charge is 0.444 e. The minimum absolute atomic E-state index is 0.194. The van der Waals surface area contributed by atoms with Crippen LogP contribution in [-0.4, -0.2) is 21.4 Å². The van der Waals surface area contributed by atoms with Crippen molar-refractivity contribution in [1.29, 1.82) is 0 Å². The van der Waals surface area contributed by atoms with Crippen molar-refractivity contribution in [3.63, 3.8) is 0 Å². The number of alkyl halides is 3. The van der Waals surface area contributed by atoms with Gasteiger partial charge in [-0.25, -0.2) is 9.00 Å². The smallest absolute Gasteiger partial charge is 0.432 e. The van der Waals surface area contributed by atoms with Crippen LogP contribution in [0.25, 0.3) is 0 Å². The van der Waals surface area contributed by atoms with E-state index in [1.54, 1.807) is 72.8 Å². The van der Waals surface area contributed by atoms with E-state index in [-0.39, 0.29) is 11.5 Å². The average Bonchev–Trinajstić information content (AvgIpc) is 2.80. The van der Waals surface area contributed by atoms with Crippen LogP contribution in [0.2, 0.25) is 0 Å². The topological polar surface area (TPSA) is 46.6 Å². The lowest BCUT2D eigenvalue weighted by Gasteiger charge is -2.26. The molecule has 0 aliphatic heterocycles. The Morgan fingerprint density at radius 2 is 1.45 bits per heavy atom. The Hall–Kier alpha value is -3.39. The summed E-state index contributed by atoms with van der Waals surface area (Å²) in [6, 6.07) is 23.2. The number of hydrogen-bond acceptors (Lipinski definition) is 3. The van der Waals surface area contributed by atoms with E-state index in [9.17, 15) is 22.2 Å². The molecular formula is C25H22F3NO3S. The molecule has 0 unspecified atom stereocenters. The summed E-state index contributed by atoms with van der Waals surface area (Å²) in [5.41, 5.74) is 0.631. The SMILES string of the molecule is Cc1ccc([S@](=O)/C=C(\N(Cc2ccccc2)C(=O)OCc2ccccc2)C(F)(F)F)cc1. The van der Waals surface area contributed by atoms with Crippen molar-refractivity contribution >= 4 is 16.9 Å². The first-order valence-corrected chi connectivity index (χ1v) is 11.2. The summed E-state index contributed by atoms with van der Waals surface area (Å²) >= 11 is 0. The number of aryl methyl sites for hydroxylation is 1. The van der Waals surface area contributed by atoms with Crippen LogP contribution in [0.4, 0.5) is 18.0 Å². The van der Waals surface area contributed by atoms with Gasteiger partial charge in [-0.3, -0.25) is 4.90 Å². The monoisotopic (exact) mass is 473 g/mol. The third-order valence-corrected chi connectivity index (χ3v) is 5.84. The zero-order valence-electron chi connectivity index (χ0n) is 17.8. The fourth-order valence-electron chi connectivity index (χ4n) is 2.94. The van der Waals surface area contributed by atoms with Gasteiger partial charge in [0.05, 0.1) is 17.3 Å². The maximum absolute atomic E-state index is 14.1. The zero-order chi connectivity index (χ0) is 23.8. The van der Waals surface area contributed by atoms with Gasteiger partial charge in [-0.1, -0.05) is 78.4 Å². The Bertz CT molecular complexity index is 1120. The second-order valence-corrected chi connectivity index (χ2v) is 8.53. The first-order chi connectivity index (χ1) is 15.7. The van der Waals surface area contributed by atoms with E-state index >= 15 is 0 Å². The van der Waals surface area contributed by atoms with Crippen molar-refractivity contribution in [1.82, 2.24) is 4.90 Å². The van der Waals surface area contributed by atoms with Crippen molar-refractivity contribution < 1.29 is 26.9 Å². The van der Waals surface area contributed by atoms with Gasteiger partial charge >= 0.3 is 12.3 Å². The van der Waals surface area contributed by atoms with Crippen LogP contribution in [0.15, 0.2) is 101 Å². The Labute approximate surface area is 192 Å².